The van der Waals surface area contributed by atoms with Crippen molar-refractivity contribution in [3.05, 3.63) is 12.7 Å². The molecular weight excluding hydrogens is 631 g/mol. The van der Waals surface area contributed by atoms with Gasteiger partial charge in [-0.25, -0.2) is 4.79 Å². The first kappa shape index (κ1) is 53.1. The molecule has 0 aliphatic rings. The van der Waals surface area contributed by atoms with E-state index in [2.05, 4.69) is 6.58 Å². The van der Waals surface area contributed by atoms with Crippen molar-refractivity contribution in [1.82, 2.24) is 0 Å². The average Bonchev–Trinajstić information content (AvgIpc) is 2.97. The predicted molar refractivity (Wildman–Crippen MR) is 174 cm³/mol. The standard InChI is InChI=1S/C16H32O7.C9H20O5.C7H12O2.Na.H/c1-16(2,3)23-15(17)5-6-19-9-10-21-13-14-22-12-11-20-8-7-18-4;1-11-4-5-13-8-9-14-7-6-12-3-2-10;1-5-6(8)9-7(2,3)4;;/h5-14H2,1-4H3;10H,2-9H2,1H3;5H,1H2,2-4H3;;/q;;;+1;-1. The first-order valence-electron chi connectivity index (χ1n) is 15.5. The van der Waals surface area contributed by atoms with Gasteiger partial charge in [0.25, 0.3) is 0 Å². The summed E-state index contributed by atoms with van der Waals surface area (Å²) < 4.78 is 56.2. The summed E-state index contributed by atoms with van der Waals surface area (Å²) in [4.78, 5) is 21.9. The molecule has 0 bridgehead atoms. The number of aliphatic hydroxyl groups excluding tert-OH is 1. The van der Waals surface area contributed by atoms with Crippen molar-refractivity contribution in [2.75, 3.05) is 127 Å². The van der Waals surface area contributed by atoms with Crippen LogP contribution in [0.15, 0.2) is 12.7 Å². The zero-order chi connectivity index (χ0) is 35.4. The third-order valence-electron chi connectivity index (χ3n) is 4.40. The van der Waals surface area contributed by atoms with Crippen LogP contribution in [0.25, 0.3) is 0 Å². The molecule has 0 spiro atoms. The number of esters is 2. The summed E-state index contributed by atoms with van der Waals surface area (Å²) in [5.41, 5.74) is -0.847. The molecule has 0 saturated carbocycles. The maximum absolute atomic E-state index is 11.4. The van der Waals surface area contributed by atoms with Gasteiger partial charge in [-0.15, -0.1) is 0 Å². The van der Waals surface area contributed by atoms with Crippen molar-refractivity contribution in [3.63, 3.8) is 0 Å². The van der Waals surface area contributed by atoms with Crippen LogP contribution in [0.4, 0.5) is 0 Å². The Hall–Kier alpha value is -0.720. The van der Waals surface area contributed by atoms with E-state index in [1.807, 2.05) is 41.5 Å². The summed E-state index contributed by atoms with van der Waals surface area (Å²) in [5.74, 6) is -0.623. The molecule has 14 nitrogen and oxygen atoms in total. The number of hydrogen-bond acceptors (Lipinski definition) is 14. The summed E-state index contributed by atoms with van der Waals surface area (Å²) in [6, 6.07) is 0. The number of aliphatic hydroxyl groups is 1. The van der Waals surface area contributed by atoms with Crippen LogP contribution in [0.1, 0.15) is 49.4 Å². The maximum Gasteiger partial charge on any atom is 1.00 e. The van der Waals surface area contributed by atoms with Crippen molar-refractivity contribution in [2.45, 2.75) is 59.2 Å². The van der Waals surface area contributed by atoms with Gasteiger partial charge in [-0.3, -0.25) is 4.79 Å². The average molecular weight is 697 g/mol. The monoisotopic (exact) mass is 696 g/mol. The molecule has 0 atom stereocenters. The molecule has 0 aliphatic carbocycles. The van der Waals surface area contributed by atoms with Gasteiger partial charge in [0.1, 0.15) is 11.2 Å². The molecule has 0 aromatic carbocycles. The van der Waals surface area contributed by atoms with Crippen LogP contribution in [0.3, 0.4) is 0 Å². The second-order valence-corrected chi connectivity index (χ2v) is 11.1. The van der Waals surface area contributed by atoms with Gasteiger partial charge in [0.15, 0.2) is 0 Å². The fraction of sp³-hybridized carbons (Fsp3) is 0.875. The molecule has 278 valence electrons. The van der Waals surface area contributed by atoms with Crippen LogP contribution in [0, 0.1) is 0 Å². The predicted octanol–water partition coefficient (Wildman–Crippen LogP) is -0.263. The largest absolute Gasteiger partial charge is 1.00 e. The van der Waals surface area contributed by atoms with Crippen molar-refractivity contribution in [3.8, 4) is 0 Å². The number of carbonyl (C=O) groups is 2. The van der Waals surface area contributed by atoms with Crippen LogP contribution in [0.5, 0.6) is 0 Å². The summed E-state index contributed by atoms with van der Waals surface area (Å²) in [6.07, 6.45) is 1.41. The molecule has 47 heavy (non-hydrogen) atoms. The van der Waals surface area contributed by atoms with Gasteiger partial charge < -0.3 is 58.6 Å². The van der Waals surface area contributed by atoms with Crippen LogP contribution in [-0.2, 0) is 61.7 Å². The molecule has 0 aromatic rings. The molecule has 0 unspecified atom stereocenters. The summed E-state index contributed by atoms with van der Waals surface area (Å²) in [5, 5.41) is 8.39. The first-order chi connectivity index (χ1) is 21.8. The van der Waals surface area contributed by atoms with Gasteiger partial charge in [0, 0.05) is 20.3 Å². The third-order valence-corrected chi connectivity index (χ3v) is 4.40. The molecule has 0 heterocycles. The van der Waals surface area contributed by atoms with Crippen LogP contribution in [0.2, 0.25) is 0 Å². The number of ether oxygens (including phenoxy) is 11. The Morgan fingerprint density at radius 1 is 0.553 bits per heavy atom. The minimum Gasteiger partial charge on any atom is -1.00 e. The molecule has 15 heteroatoms. The van der Waals surface area contributed by atoms with Crippen molar-refractivity contribution in [1.29, 1.82) is 0 Å². The smallest absolute Gasteiger partial charge is 1.00 e. The Kier molecular flexibility index (Phi) is 44.9. The van der Waals surface area contributed by atoms with Crippen LogP contribution < -0.4 is 29.6 Å². The Balaban J connectivity index is -0.000000210. The van der Waals surface area contributed by atoms with E-state index in [0.29, 0.717) is 106 Å². The van der Waals surface area contributed by atoms with Gasteiger partial charge in [-0.2, -0.15) is 0 Å². The normalized spacial score (nSPS) is 10.9. The Bertz CT molecular complexity index is 664. The Labute approximate surface area is 307 Å². The number of hydrogen-bond donors (Lipinski definition) is 1. The van der Waals surface area contributed by atoms with E-state index in [1.54, 1.807) is 14.2 Å². The fourth-order valence-electron chi connectivity index (χ4n) is 2.54. The van der Waals surface area contributed by atoms with Gasteiger partial charge in [-0.1, -0.05) is 6.58 Å². The van der Waals surface area contributed by atoms with Crippen LogP contribution in [-0.4, -0.2) is 155 Å². The fourth-order valence-corrected chi connectivity index (χ4v) is 2.54. The van der Waals surface area contributed by atoms with E-state index < -0.39 is 11.2 Å². The molecule has 0 aliphatic heterocycles. The zero-order valence-corrected chi connectivity index (χ0v) is 32.8. The van der Waals surface area contributed by atoms with E-state index in [1.165, 1.54) is 0 Å². The van der Waals surface area contributed by atoms with Crippen LogP contribution >= 0.6 is 0 Å². The van der Waals surface area contributed by atoms with E-state index >= 15 is 0 Å². The number of methoxy groups -OCH3 is 2. The Morgan fingerprint density at radius 3 is 1.11 bits per heavy atom. The van der Waals surface area contributed by atoms with E-state index in [9.17, 15) is 9.59 Å². The quantitative estimate of drug-likeness (QED) is 0.0519. The first-order valence-corrected chi connectivity index (χ1v) is 15.5. The van der Waals surface area contributed by atoms with Crippen molar-refractivity contribution < 1.29 is 97.8 Å². The minimum absolute atomic E-state index is 0. The van der Waals surface area contributed by atoms with Gasteiger partial charge in [0.2, 0.25) is 0 Å². The van der Waals surface area contributed by atoms with Crippen molar-refractivity contribution >= 4 is 11.9 Å². The summed E-state index contributed by atoms with van der Waals surface area (Å²) >= 11 is 0. The number of rotatable bonds is 27. The zero-order valence-electron chi connectivity index (χ0n) is 31.8. The van der Waals surface area contributed by atoms with E-state index in [4.69, 9.17) is 57.2 Å². The van der Waals surface area contributed by atoms with E-state index in [-0.39, 0.29) is 56.0 Å². The van der Waals surface area contributed by atoms with Gasteiger partial charge in [0.05, 0.1) is 119 Å². The summed E-state index contributed by atoms with van der Waals surface area (Å²) in [7, 11) is 3.27. The second-order valence-electron chi connectivity index (χ2n) is 11.1. The van der Waals surface area contributed by atoms with Crippen molar-refractivity contribution in [2.24, 2.45) is 0 Å². The molecule has 0 rings (SSSR count). The molecule has 1 N–H and O–H groups in total. The molecule has 0 saturated heterocycles. The van der Waals surface area contributed by atoms with Gasteiger partial charge >= 0.3 is 41.5 Å². The Morgan fingerprint density at radius 2 is 0.851 bits per heavy atom. The molecule has 0 amide bonds. The van der Waals surface area contributed by atoms with E-state index in [0.717, 1.165) is 6.08 Å². The topological polar surface area (TPSA) is 156 Å². The second kappa shape index (κ2) is 39.7. The molecule has 0 aromatic heterocycles. The SMILES string of the molecule is C=CC(=O)OC(C)(C)C.COCCOCCOCCOCCO.COCCOCCOCCOCCOCCC(=O)OC(C)(C)C.[H-].[Na+]. The van der Waals surface area contributed by atoms with Gasteiger partial charge in [-0.05, 0) is 41.5 Å². The molecule has 0 radical (unpaired) electrons. The molecule has 0 fully saturated rings. The number of carbonyl (C=O) groups excluding carboxylic acids is 2. The maximum atomic E-state index is 11.4. The third kappa shape index (κ3) is 57.9. The minimum atomic E-state index is -0.449. The molecular formula is C32H65NaO14. The summed E-state index contributed by atoms with van der Waals surface area (Å²) in [6.45, 7) is 22.6.